The highest BCUT2D eigenvalue weighted by atomic mass is 19.2. The number of nitrogens with zero attached hydrogens (tertiary/aromatic N) is 1. The minimum atomic E-state index is -2.89. The SMILES string of the molecule is CO[C@@H]1CC(C[C@@H](C)[C@@H]2CC(=O)[C@H](C)/C=C(\C)[C@@H](O)[C@@H](OC)C(=O)[C@H](C)C[C@H](C)/C=C/C=C/C=C(\C)C(C)(C)C[C@@H]3CC[C@@H](C)[C@@](F)(O3)C(=O)C(=O)N3CCCCC3C(=O)O2)CC[C@H]1O. The molecule has 0 radical (unpaired) electrons. The second-order valence-corrected chi connectivity index (χ2v) is 20.6. The first-order chi connectivity index (χ1) is 30.5. The molecule has 0 spiro atoms. The number of hydrogen-bond acceptors (Lipinski definition) is 11. The Labute approximate surface area is 387 Å². The van der Waals surface area contributed by atoms with Gasteiger partial charge in [-0.25, -0.2) is 9.18 Å². The van der Waals surface area contributed by atoms with Crippen LogP contribution < -0.4 is 0 Å². The van der Waals surface area contributed by atoms with Crippen molar-refractivity contribution >= 4 is 29.2 Å². The molecular weight excluding hydrogens is 834 g/mol. The molecule has 2 bridgehead atoms. The number of ether oxygens (including phenoxy) is 4. The molecule has 2 N–H and O–H groups in total. The van der Waals surface area contributed by atoms with Gasteiger partial charge in [0.2, 0.25) is 0 Å². The van der Waals surface area contributed by atoms with Crippen LogP contribution in [0.2, 0.25) is 0 Å². The summed E-state index contributed by atoms with van der Waals surface area (Å²) >= 11 is 0. The summed E-state index contributed by atoms with van der Waals surface area (Å²) in [5.74, 6) is -8.96. The van der Waals surface area contributed by atoms with Crippen molar-refractivity contribution in [3.05, 3.63) is 47.6 Å². The largest absolute Gasteiger partial charge is 0.460 e. The van der Waals surface area contributed by atoms with E-state index in [-0.39, 0.29) is 54.8 Å². The van der Waals surface area contributed by atoms with E-state index in [0.717, 1.165) is 10.5 Å². The zero-order valence-electron chi connectivity index (χ0n) is 41.1. The molecule has 2 saturated heterocycles. The van der Waals surface area contributed by atoms with E-state index in [0.29, 0.717) is 69.8 Å². The molecule has 1 aliphatic carbocycles. The number of fused-ring (bicyclic) bond motifs is 3. The number of ketones is 3. The third-order valence-electron chi connectivity index (χ3n) is 14.9. The van der Waals surface area contributed by atoms with Crippen LogP contribution in [0.1, 0.15) is 139 Å². The zero-order valence-corrected chi connectivity index (χ0v) is 41.1. The molecule has 2 unspecified atom stereocenters. The number of methoxy groups -OCH3 is 2. The first kappa shape index (κ1) is 54.2. The fourth-order valence-corrected chi connectivity index (χ4v) is 10.2. The molecule has 3 aliphatic heterocycles. The molecule has 0 aromatic heterocycles. The fraction of sp³-hybridized carbons (Fsp3) is 0.750. The lowest BCUT2D eigenvalue weighted by Gasteiger charge is -2.42. The van der Waals surface area contributed by atoms with Gasteiger partial charge in [-0.3, -0.25) is 19.2 Å². The lowest BCUT2D eigenvalue weighted by molar-refractivity contribution is -0.231. The first-order valence-electron chi connectivity index (χ1n) is 24.2. The van der Waals surface area contributed by atoms with Gasteiger partial charge in [0, 0.05) is 44.9 Å². The number of alkyl halides is 1. The average molecular weight is 914 g/mol. The highest BCUT2D eigenvalue weighted by Crippen LogP contribution is 2.43. The predicted octanol–water partition coefficient (Wildman–Crippen LogP) is 8.17. The van der Waals surface area contributed by atoms with E-state index < -0.39 is 83.2 Å². The Kier molecular flexibility index (Phi) is 20.1. The van der Waals surface area contributed by atoms with Gasteiger partial charge in [0.1, 0.15) is 30.1 Å². The van der Waals surface area contributed by atoms with E-state index in [9.17, 15) is 34.2 Å². The van der Waals surface area contributed by atoms with Crippen LogP contribution in [-0.2, 0) is 42.9 Å². The molecule has 4 aliphatic rings. The molecule has 3 fully saturated rings. The van der Waals surface area contributed by atoms with Crippen LogP contribution in [0.5, 0.6) is 0 Å². The van der Waals surface area contributed by atoms with Crippen LogP contribution in [0.15, 0.2) is 47.6 Å². The van der Waals surface area contributed by atoms with Gasteiger partial charge in [-0.15, -0.1) is 0 Å². The first-order valence-corrected chi connectivity index (χ1v) is 24.2. The number of aliphatic hydroxyl groups is 2. The number of carbonyl (C=O) groups excluding carboxylic acids is 5. The average Bonchev–Trinajstić information content (AvgIpc) is 3.26. The van der Waals surface area contributed by atoms with Crippen molar-refractivity contribution in [3.63, 3.8) is 0 Å². The number of piperidine rings is 1. The monoisotopic (exact) mass is 914 g/mol. The van der Waals surface area contributed by atoms with Crippen LogP contribution in [-0.4, -0.2) is 114 Å². The number of Topliss-reactive ketones (excluding diaryl/α,β-unsaturated/α-hetero) is 3. The van der Waals surface area contributed by atoms with E-state index in [1.807, 2.05) is 71.9 Å². The van der Waals surface area contributed by atoms with Crippen LogP contribution in [0.4, 0.5) is 4.39 Å². The second-order valence-electron chi connectivity index (χ2n) is 20.6. The van der Waals surface area contributed by atoms with Crippen molar-refractivity contribution in [2.75, 3.05) is 20.8 Å². The summed E-state index contributed by atoms with van der Waals surface area (Å²) in [5, 5.41) is 21.9. The summed E-state index contributed by atoms with van der Waals surface area (Å²) in [6.07, 6.45) is 11.6. The molecule has 0 aromatic carbocycles. The normalized spacial score (nSPS) is 40.1. The molecule has 1 saturated carbocycles. The number of allylic oxidation sites excluding steroid dienone is 7. The van der Waals surface area contributed by atoms with Crippen LogP contribution in [0, 0.1) is 40.9 Å². The topological polar surface area (TPSA) is 166 Å². The van der Waals surface area contributed by atoms with E-state index in [1.165, 1.54) is 7.11 Å². The Bertz CT molecular complexity index is 1790. The lowest BCUT2D eigenvalue weighted by atomic mass is 9.77. The Hall–Kier alpha value is -3.36. The van der Waals surface area contributed by atoms with Crippen molar-refractivity contribution < 1.29 is 57.5 Å². The maximum Gasteiger partial charge on any atom is 0.329 e. The second kappa shape index (κ2) is 24.1. The van der Waals surface area contributed by atoms with Crippen LogP contribution >= 0.6 is 0 Å². The summed E-state index contributed by atoms with van der Waals surface area (Å²) in [6.45, 7) is 16.7. The maximum atomic E-state index is 17.1. The summed E-state index contributed by atoms with van der Waals surface area (Å²) in [4.78, 5) is 71.6. The van der Waals surface area contributed by atoms with Crippen molar-refractivity contribution in [2.45, 2.75) is 188 Å². The minimum Gasteiger partial charge on any atom is -0.460 e. The van der Waals surface area contributed by atoms with Crippen molar-refractivity contribution in [1.29, 1.82) is 0 Å². The summed E-state index contributed by atoms with van der Waals surface area (Å²) < 4.78 is 40.5. The van der Waals surface area contributed by atoms with E-state index in [4.69, 9.17) is 18.9 Å². The molecule has 13 heteroatoms. The molecule has 0 aromatic rings. The van der Waals surface area contributed by atoms with Crippen molar-refractivity contribution in [1.82, 2.24) is 4.90 Å². The number of halogens is 1. The summed E-state index contributed by atoms with van der Waals surface area (Å²) in [5.41, 5.74) is 0.941. The fourth-order valence-electron chi connectivity index (χ4n) is 10.2. The number of rotatable bonds is 5. The van der Waals surface area contributed by atoms with E-state index in [2.05, 4.69) is 0 Å². The molecule has 3 heterocycles. The molecule has 14 atom stereocenters. The van der Waals surface area contributed by atoms with Gasteiger partial charge >= 0.3 is 5.97 Å². The third-order valence-corrected chi connectivity index (χ3v) is 14.9. The number of carbonyl (C=O) groups is 5. The number of amides is 1. The predicted molar refractivity (Wildman–Crippen MR) is 247 cm³/mol. The molecule has 1 amide bonds. The van der Waals surface area contributed by atoms with Gasteiger partial charge in [0.25, 0.3) is 17.5 Å². The van der Waals surface area contributed by atoms with Crippen LogP contribution in [0.25, 0.3) is 0 Å². The third kappa shape index (κ3) is 14.1. The molecule has 65 heavy (non-hydrogen) atoms. The molecule has 12 nitrogen and oxygen atoms in total. The number of esters is 1. The van der Waals surface area contributed by atoms with E-state index in [1.54, 1.807) is 34.0 Å². The number of hydrogen-bond donors (Lipinski definition) is 2. The van der Waals surface area contributed by atoms with E-state index >= 15 is 4.39 Å². The lowest BCUT2D eigenvalue weighted by Crippen LogP contribution is -2.59. The summed E-state index contributed by atoms with van der Waals surface area (Å²) in [6, 6.07) is -1.18. The van der Waals surface area contributed by atoms with Gasteiger partial charge in [0.15, 0.2) is 5.78 Å². The Morgan fingerprint density at radius 2 is 1.62 bits per heavy atom. The van der Waals surface area contributed by atoms with Gasteiger partial charge < -0.3 is 34.1 Å². The van der Waals surface area contributed by atoms with Crippen molar-refractivity contribution in [2.24, 2.45) is 40.9 Å². The van der Waals surface area contributed by atoms with Gasteiger partial charge in [-0.05, 0) is 113 Å². The Morgan fingerprint density at radius 3 is 2.29 bits per heavy atom. The highest BCUT2D eigenvalue weighted by molar-refractivity contribution is 6.39. The quantitative estimate of drug-likeness (QED) is 0.155. The van der Waals surface area contributed by atoms with Gasteiger partial charge in [-0.2, -0.15) is 0 Å². The van der Waals surface area contributed by atoms with Gasteiger partial charge in [-0.1, -0.05) is 90.5 Å². The minimum absolute atomic E-state index is 0.0257. The Morgan fingerprint density at radius 1 is 0.908 bits per heavy atom. The highest BCUT2D eigenvalue weighted by Gasteiger charge is 2.55. The molecular formula is C52H80FNO11. The maximum absolute atomic E-state index is 17.1. The van der Waals surface area contributed by atoms with Crippen molar-refractivity contribution in [3.8, 4) is 0 Å². The molecule has 4 rings (SSSR count). The standard InChI is InChI=1S/C52H80FNO11/c1-31-17-13-12-14-18-36(6)51(8,9)30-39-22-20-37(7)52(53,65-39)48(59)49(60)54-24-16-15-19-40(54)50(61)64-43(33(3)27-38-21-23-41(55)44(28-38)62-10)29-42(56)32(2)26-35(5)46(58)47(63-11)45(57)34(4)25-31/h12-14,17-18,26,31-34,37-41,43-44,46-47,55,58H,15-16,19-25,27-30H2,1-11H3/b14-12+,17-13+,35-26+,36-18+/t31-,32-,33-,34-,37-,38?,39+,40?,41-,43+,44-,46-,47+,52-/m1/s1. The Balaban J connectivity index is 1.71. The number of aliphatic hydroxyl groups excluding tert-OH is 2. The molecule has 366 valence electrons. The number of cyclic esters (lactones) is 1. The summed E-state index contributed by atoms with van der Waals surface area (Å²) in [7, 11) is 2.94. The zero-order chi connectivity index (χ0) is 48.4. The van der Waals surface area contributed by atoms with Gasteiger partial charge in [0.05, 0.1) is 18.3 Å². The van der Waals surface area contributed by atoms with Crippen LogP contribution in [0.3, 0.4) is 0 Å². The smallest absolute Gasteiger partial charge is 0.329 e.